The second kappa shape index (κ2) is 4.40. The van der Waals surface area contributed by atoms with Crippen molar-refractivity contribution in [3.63, 3.8) is 0 Å². The van der Waals surface area contributed by atoms with Gasteiger partial charge in [0.25, 0.3) is 0 Å². The molecule has 0 heterocycles. The number of hydrogen-bond acceptors (Lipinski definition) is 3. The molecule has 0 aromatic heterocycles. The van der Waals surface area contributed by atoms with Gasteiger partial charge in [-0.3, -0.25) is 0 Å². The van der Waals surface area contributed by atoms with E-state index in [2.05, 4.69) is 0 Å². The lowest BCUT2D eigenvalue weighted by molar-refractivity contribution is 0.355. The molecule has 0 atom stereocenters. The average molecular weight is 180 g/mol. The number of benzene rings is 1. The molecule has 13 heavy (non-hydrogen) atoms. The number of phenolic OH excluding ortho intramolecular Hbond substituents is 2. The number of hydrogen-bond donors (Lipinski definition) is 2. The minimum atomic E-state index is -0.00419. The Morgan fingerprint density at radius 1 is 1.23 bits per heavy atom. The number of aromatic hydroxyl groups is 2. The van der Waals surface area contributed by atoms with Crippen LogP contribution in [-0.4, -0.2) is 16.8 Å². The van der Waals surface area contributed by atoms with Gasteiger partial charge in [-0.1, -0.05) is 12.2 Å². The van der Waals surface area contributed by atoms with Crippen molar-refractivity contribution in [2.24, 2.45) is 0 Å². The zero-order valence-corrected chi connectivity index (χ0v) is 7.40. The number of phenols is 2. The normalized spacial score (nSPS) is 10.5. The maximum absolute atomic E-state index is 9.09. The molecule has 0 amide bonds. The van der Waals surface area contributed by atoms with Gasteiger partial charge in [0.1, 0.15) is 23.9 Å². The first-order valence-electron chi connectivity index (χ1n) is 3.99. The predicted molar refractivity (Wildman–Crippen MR) is 50.1 cm³/mol. The fourth-order valence-electron chi connectivity index (χ4n) is 0.892. The summed E-state index contributed by atoms with van der Waals surface area (Å²) in [5.41, 5.74) is 0. The van der Waals surface area contributed by atoms with Gasteiger partial charge in [-0.2, -0.15) is 0 Å². The smallest absolute Gasteiger partial charge is 0.127 e. The van der Waals surface area contributed by atoms with E-state index < -0.39 is 0 Å². The zero-order valence-electron chi connectivity index (χ0n) is 7.40. The topological polar surface area (TPSA) is 49.7 Å². The van der Waals surface area contributed by atoms with Gasteiger partial charge in [-0.05, 0) is 6.92 Å². The van der Waals surface area contributed by atoms with E-state index in [0.717, 1.165) is 0 Å². The van der Waals surface area contributed by atoms with Crippen LogP contribution in [0, 0.1) is 0 Å². The summed E-state index contributed by atoms with van der Waals surface area (Å²) in [7, 11) is 0. The van der Waals surface area contributed by atoms with Gasteiger partial charge in [0.15, 0.2) is 0 Å². The van der Waals surface area contributed by atoms with Crippen LogP contribution >= 0.6 is 0 Å². The Morgan fingerprint density at radius 2 is 1.85 bits per heavy atom. The maximum Gasteiger partial charge on any atom is 0.127 e. The first-order chi connectivity index (χ1) is 6.22. The van der Waals surface area contributed by atoms with Crippen LogP contribution in [0.1, 0.15) is 6.92 Å². The van der Waals surface area contributed by atoms with Crippen LogP contribution in [0.4, 0.5) is 0 Å². The van der Waals surface area contributed by atoms with Crippen molar-refractivity contribution < 1.29 is 14.9 Å². The van der Waals surface area contributed by atoms with Crippen molar-refractivity contribution in [3.8, 4) is 17.2 Å². The molecule has 1 aromatic rings. The molecule has 0 aliphatic heterocycles. The van der Waals surface area contributed by atoms with Gasteiger partial charge in [-0.15, -0.1) is 0 Å². The summed E-state index contributed by atoms with van der Waals surface area (Å²) in [4.78, 5) is 0. The van der Waals surface area contributed by atoms with E-state index >= 15 is 0 Å². The van der Waals surface area contributed by atoms with Crippen molar-refractivity contribution in [1.82, 2.24) is 0 Å². The Kier molecular flexibility index (Phi) is 3.20. The molecular weight excluding hydrogens is 168 g/mol. The van der Waals surface area contributed by atoms with Crippen LogP contribution in [0.15, 0.2) is 30.4 Å². The molecule has 3 nitrogen and oxygen atoms in total. The molecule has 0 saturated carbocycles. The highest BCUT2D eigenvalue weighted by Gasteiger charge is 1.98. The van der Waals surface area contributed by atoms with Crippen LogP contribution in [0.3, 0.4) is 0 Å². The van der Waals surface area contributed by atoms with Crippen molar-refractivity contribution in [1.29, 1.82) is 0 Å². The minimum Gasteiger partial charge on any atom is -0.508 e. The number of rotatable bonds is 3. The lowest BCUT2D eigenvalue weighted by Gasteiger charge is -2.03. The Hall–Kier alpha value is -1.64. The Bertz CT molecular complexity index is 285. The molecule has 0 aliphatic rings. The first-order valence-corrected chi connectivity index (χ1v) is 3.99. The molecule has 0 aliphatic carbocycles. The van der Waals surface area contributed by atoms with Crippen LogP contribution in [0.2, 0.25) is 0 Å². The highest BCUT2D eigenvalue weighted by atomic mass is 16.5. The fourth-order valence-corrected chi connectivity index (χ4v) is 0.892. The fraction of sp³-hybridized carbons (Fsp3) is 0.200. The van der Waals surface area contributed by atoms with Crippen molar-refractivity contribution in [2.45, 2.75) is 6.92 Å². The zero-order chi connectivity index (χ0) is 9.68. The van der Waals surface area contributed by atoms with Gasteiger partial charge >= 0.3 is 0 Å². The van der Waals surface area contributed by atoms with Gasteiger partial charge in [0.2, 0.25) is 0 Å². The van der Waals surface area contributed by atoms with E-state index in [-0.39, 0.29) is 11.5 Å². The third-order valence-corrected chi connectivity index (χ3v) is 1.46. The summed E-state index contributed by atoms with van der Waals surface area (Å²) < 4.78 is 5.20. The molecule has 70 valence electrons. The maximum atomic E-state index is 9.09. The minimum absolute atomic E-state index is 0.00419. The molecule has 0 fully saturated rings. The predicted octanol–water partition coefficient (Wildman–Crippen LogP) is 2.05. The lowest BCUT2D eigenvalue weighted by Crippen LogP contribution is -1.92. The summed E-state index contributed by atoms with van der Waals surface area (Å²) in [6.07, 6.45) is 3.70. The summed E-state index contributed by atoms with van der Waals surface area (Å²) in [6.45, 7) is 2.32. The first kappa shape index (κ1) is 9.45. The standard InChI is InChI=1S/C10H12O3/c1-2-3-4-13-10-6-8(11)5-9(12)7-10/h2-3,5-7,11-12H,4H2,1H3. The largest absolute Gasteiger partial charge is 0.508 e. The second-order valence-corrected chi connectivity index (χ2v) is 2.57. The van der Waals surface area contributed by atoms with E-state index in [0.29, 0.717) is 12.4 Å². The monoisotopic (exact) mass is 180 g/mol. The molecule has 0 unspecified atom stereocenters. The van der Waals surface area contributed by atoms with Crippen molar-refractivity contribution in [3.05, 3.63) is 30.4 Å². The molecule has 0 spiro atoms. The van der Waals surface area contributed by atoms with Crippen LogP contribution < -0.4 is 4.74 Å². The van der Waals surface area contributed by atoms with E-state index in [1.54, 1.807) is 0 Å². The van der Waals surface area contributed by atoms with Crippen LogP contribution in [0.5, 0.6) is 17.2 Å². The SMILES string of the molecule is CC=CCOc1cc(O)cc(O)c1. The third kappa shape index (κ3) is 3.07. The molecule has 0 saturated heterocycles. The van der Waals surface area contributed by atoms with Gasteiger partial charge < -0.3 is 14.9 Å². The number of allylic oxidation sites excluding steroid dienone is 1. The van der Waals surface area contributed by atoms with E-state index in [9.17, 15) is 0 Å². The van der Waals surface area contributed by atoms with Crippen molar-refractivity contribution >= 4 is 0 Å². The van der Waals surface area contributed by atoms with E-state index in [1.807, 2.05) is 19.1 Å². The summed E-state index contributed by atoms with van der Waals surface area (Å²) in [5.74, 6) is 0.446. The Labute approximate surface area is 76.9 Å². The van der Waals surface area contributed by atoms with Gasteiger partial charge in [0.05, 0.1) is 0 Å². The van der Waals surface area contributed by atoms with E-state index in [1.165, 1.54) is 18.2 Å². The Balaban J connectivity index is 2.66. The molecule has 2 N–H and O–H groups in total. The molecule has 3 heteroatoms. The average Bonchev–Trinajstić information content (AvgIpc) is 2.03. The molecular formula is C10H12O3. The summed E-state index contributed by atoms with van der Waals surface area (Å²) >= 11 is 0. The van der Waals surface area contributed by atoms with Crippen LogP contribution in [0.25, 0.3) is 0 Å². The highest BCUT2D eigenvalue weighted by molar-refractivity contribution is 5.40. The lowest BCUT2D eigenvalue weighted by atomic mass is 10.3. The second-order valence-electron chi connectivity index (χ2n) is 2.57. The molecule has 1 aromatic carbocycles. The molecule has 0 bridgehead atoms. The van der Waals surface area contributed by atoms with E-state index in [4.69, 9.17) is 14.9 Å². The van der Waals surface area contributed by atoms with Gasteiger partial charge in [-0.25, -0.2) is 0 Å². The quantitative estimate of drug-likeness (QED) is 0.700. The Morgan fingerprint density at radius 3 is 2.38 bits per heavy atom. The van der Waals surface area contributed by atoms with Crippen LogP contribution in [-0.2, 0) is 0 Å². The van der Waals surface area contributed by atoms with Gasteiger partial charge in [0, 0.05) is 18.2 Å². The molecule has 1 rings (SSSR count). The summed E-state index contributed by atoms with van der Waals surface area (Å²) in [5, 5.41) is 18.2. The summed E-state index contributed by atoms with van der Waals surface area (Å²) in [6, 6.07) is 4.15. The molecule has 0 radical (unpaired) electrons. The highest BCUT2D eigenvalue weighted by Crippen LogP contribution is 2.25. The van der Waals surface area contributed by atoms with Crippen molar-refractivity contribution in [2.75, 3.05) is 6.61 Å². The third-order valence-electron chi connectivity index (χ3n) is 1.46. The number of ether oxygens (including phenoxy) is 1.